The van der Waals surface area contributed by atoms with E-state index in [9.17, 15) is 59.4 Å². The standard InChI is InChI=1S/3C12H20O4.2C4H9.2Sn/c3*1-3-5-6-9(4-2)7-10(12(15)16)8-11(13)14;2*1-3-4-2;;/h3*8-9H,3-7H2,1-2H3,(H,13,14)(H,15,16);2*1,3-4H2,2H3;;/q;;;;;2*+3/p-6/b3*10-8-;;;;. The Morgan fingerprint density at radius 3 is 0.707 bits per heavy atom. The van der Waals surface area contributed by atoms with Crippen molar-refractivity contribution in [2.75, 3.05) is 0 Å². The summed E-state index contributed by atoms with van der Waals surface area (Å²) >= 11 is 3.37. The van der Waals surface area contributed by atoms with Gasteiger partial charge in [-0.1, -0.05) is 119 Å². The number of unbranched alkanes of at least 4 members (excludes halogenated alkanes) is 5. The normalized spacial score (nSPS) is 12.7. The van der Waals surface area contributed by atoms with Crippen molar-refractivity contribution >= 4 is 80.9 Å². The van der Waals surface area contributed by atoms with Gasteiger partial charge in [0.1, 0.15) is 0 Å². The van der Waals surface area contributed by atoms with E-state index in [1.807, 2.05) is 20.8 Å². The molecule has 0 aromatic carbocycles. The summed E-state index contributed by atoms with van der Waals surface area (Å²) in [5, 5.41) is 63.0. The Morgan fingerprint density at radius 1 is 0.397 bits per heavy atom. The average molecular weight is 1030 g/mol. The van der Waals surface area contributed by atoms with E-state index < -0.39 is 35.8 Å². The minimum absolute atomic E-state index is 0.178. The third kappa shape index (κ3) is 48.0. The van der Waals surface area contributed by atoms with Crippen molar-refractivity contribution in [2.24, 2.45) is 17.8 Å². The monoisotopic (exact) mass is 1030 g/mol. The number of rotatable bonds is 28. The molecular weight excluding hydrogens is 958 g/mol. The Morgan fingerprint density at radius 2 is 0.603 bits per heavy atom. The molecule has 0 aliphatic heterocycles. The second-order valence-corrected chi connectivity index (χ2v) is 16.8. The second-order valence-electron chi connectivity index (χ2n) is 13.9. The number of carbonyl (C=O) groups is 6. The topological polar surface area (TPSA) is 241 Å². The van der Waals surface area contributed by atoms with Gasteiger partial charge in [-0.3, -0.25) is 0 Å². The van der Waals surface area contributed by atoms with Crippen LogP contribution in [0, 0.1) is 17.8 Å². The van der Waals surface area contributed by atoms with E-state index in [1.165, 1.54) is 34.6 Å². The second kappa shape index (κ2) is 47.3. The first-order valence-electron chi connectivity index (χ1n) is 21.0. The van der Waals surface area contributed by atoms with E-state index in [0.29, 0.717) is 18.2 Å². The van der Waals surface area contributed by atoms with Gasteiger partial charge in [-0.25, -0.2) is 0 Å². The molecule has 0 amide bonds. The van der Waals surface area contributed by atoms with Crippen LogP contribution in [0.1, 0.15) is 177 Å². The molecule has 14 heteroatoms. The third-order valence-corrected chi connectivity index (χ3v) is 10.9. The van der Waals surface area contributed by atoms with Crippen molar-refractivity contribution in [1.29, 1.82) is 0 Å². The van der Waals surface area contributed by atoms with E-state index in [-0.39, 0.29) is 53.7 Å². The predicted octanol–water partition coefficient (Wildman–Crippen LogP) is 2.80. The Labute approximate surface area is 377 Å². The molecule has 0 spiro atoms. The number of hydrogen-bond acceptors (Lipinski definition) is 12. The maximum atomic E-state index is 10.7. The van der Waals surface area contributed by atoms with Gasteiger partial charge in [0.15, 0.2) is 0 Å². The molecule has 0 fully saturated rings. The molecule has 0 bridgehead atoms. The van der Waals surface area contributed by atoms with Crippen LogP contribution in [0.2, 0.25) is 8.87 Å². The van der Waals surface area contributed by atoms with Crippen molar-refractivity contribution < 1.29 is 59.4 Å². The van der Waals surface area contributed by atoms with Gasteiger partial charge in [0, 0.05) is 0 Å². The number of aliphatic carboxylic acids is 6. The molecule has 0 N–H and O–H groups in total. The van der Waals surface area contributed by atoms with Crippen LogP contribution in [-0.4, -0.2) is 80.9 Å². The molecule has 58 heavy (non-hydrogen) atoms. The fourth-order valence-corrected chi connectivity index (χ4v) is 7.17. The Hall–Kier alpha value is -2.36. The molecule has 0 rings (SSSR count). The van der Waals surface area contributed by atoms with Gasteiger partial charge in [0.25, 0.3) is 0 Å². The van der Waals surface area contributed by atoms with Crippen LogP contribution >= 0.6 is 0 Å². The molecule has 12 nitrogen and oxygen atoms in total. The van der Waals surface area contributed by atoms with E-state index in [4.69, 9.17) is 0 Å². The maximum absolute atomic E-state index is 10.7. The first kappa shape index (κ1) is 64.8. The van der Waals surface area contributed by atoms with Gasteiger partial charge in [-0.2, -0.15) is 0 Å². The van der Waals surface area contributed by atoms with Crippen LogP contribution in [0.4, 0.5) is 0 Å². The van der Waals surface area contributed by atoms with Gasteiger partial charge < -0.3 is 59.4 Å². The summed E-state index contributed by atoms with van der Waals surface area (Å²) in [5.74, 6) is -8.11. The molecule has 0 heterocycles. The van der Waals surface area contributed by atoms with Crippen LogP contribution in [-0.2, 0) is 28.8 Å². The van der Waals surface area contributed by atoms with Crippen molar-refractivity contribution in [3.05, 3.63) is 34.9 Å². The summed E-state index contributed by atoms with van der Waals surface area (Å²) in [6.45, 7) is 16.5. The predicted molar refractivity (Wildman–Crippen MR) is 219 cm³/mol. The van der Waals surface area contributed by atoms with Crippen molar-refractivity contribution in [3.63, 3.8) is 0 Å². The third-order valence-electron chi connectivity index (χ3n) is 8.88. The molecule has 0 saturated carbocycles. The molecule has 0 radical (unpaired) electrons. The summed E-state index contributed by atoms with van der Waals surface area (Å²) in [6.07, 6.45) is 19.6. The van der Waals surface area contributed by atoms with E-state index >= 15 is 0 Å². The van der Waals surface area contributed by atoms with E-state index in [2.05, 4.69) is 34.6 Å². The van der Waals surface area contributed by atoms with Crippen LogP contribution in [0.15, 0.2) is 34.9 Å². The molecule has 0 aromatic rings. The molecule has 0 aliphatic carbocycles. The summed E-state index contributed by atoms with van der Waals surface area (Å²) in [4.78, 5) is 63.0. The molecule has 3 unspecified atom stereocenters. The fourth-order valence-electron chi connectivity index (χ4n) is 5.15. The fraction of sp³-hybridized carbons (Fsp3) is 0.727. The van der Waals surface area contributed by atoms with Crippen LogP contribution in [0.5, 0.6) is 0 Å². The van der Waals surface area contributed by atoms with Crippen LogP contribution in [0.25, 0.3) is 0 Å². The molecule has 0 saturated heterocycles. The Bertz CT molecular complexity index is 1040. The van der Waals surface area contributed by atoms with E-state index in [0.717, 1.165) is 77.0 Å². The van der Waals surface area contributed by atoms with Crippen molar-refractivity contribution in [1.82, 2.24) is 0 Å². The molecule has 0 aliphatic rings. The van der Waals surface area contributed by atoms with Crippen molar-refractivity contribution in [2.45, 2.75) is 186 Å². The summed E-state index contributed by atoms with van der Waals surface area (Å²) < 4.78 is 2.87. The Balaban J connectivity index is -0.000000216. The van der Waals surface area contributed by atoms with Crippen LogP contribution < -0.4 is 30.6 Å². The minimum atomic E-state index is -1.48. The molecular formula is C44H72O12Sn2. The molecule has 3 atom stereocenters. The number of hydrogen-bond donors (Lipinski definition) is 0. The van der Waals surface area contributed by atoms with Gasteiger partial charge in [-0.05, 0) is 72.0 Å². The SMILES string of the molecule is CCCCC(CC)C/C(=C/C(=O)[O-])C(=O)[O-].CCCCC(CC)C/C(=C/C(=O)[O-])C(=O)[O-].CCCCC(CC)C/C(=C/C(=O)[O-])C(=O)[O-].CCC[CH2][Sn+3].CCC[CH2][Sn+3]. The average Bonchev–Trinajstić information content (AvgIpc) is 3.16. The number of carbonyl (C=O) groups excluding carboxylic acids is 6. The summed E-state index contributed by atoms with van der Waals surface area (Å²) in [6, 6.07) is 0. The van der Waals surface area contributed by atoms with Gasteiger partial charge in [0.05, 0.1) is 35.8 Å². The first-order chi connectivity index (χ1) is 27.3. The zero-order valence-corrected chi connectivity index (χ0v) is 42.4. The van der Waals surface area contributed by atoms with E-state index in [1.54, 1.807) is 45.0 Å². The number of carboxylic acid groups (broad SMARTS) is 6. The van der Waals surface area contributed by atoms with Gasteiger partial charge in [-0.15, -0.1) is 0 Å². The number of carboxylic acids is 6. The first-order valence-corrected chi connectivity index (χ1v) is 25.1. The summed E-state index contributed by atoms with van der Waals surface area (Å²) in [7, 11) is 0. The molecule has 0 aromatic heterocycles. The van der Waals surface area contributed by atoms with Crippen molar-refractivity contribution in [3.8, 4) is 0 Å². The molecule has 328 valence electrons. The van der Waals surface area contributed by atoms with Crippen LogP contribution in [0.3, 0.4) is 0 Å². The zero-order valence-electron chi connectivity index (χ0n) is 36.7. The Kier molecular flexibility index (Phi) is 52.8. The summed E-state index contributed by atoms with van der Waals surface area (Å²) in [5.41, 5.74) is -0.533. The van der Waals surface area contributed by atoms with Gasteiger partial charge >= 0.3 is 93.5 Å². The quantitative estimate of drug-likeness (QED) is 0.0812. The zero-order chi connectivity index (χ0) is 45.9. The van der Waals surface area contributed by atoms with Gasteiger partial charge in [0.2, 0.25) is 0 Å².